The number of aryl methyl sites for hydroxylation is 1. The summed E-state index contributed by atoms with van der Waals surface area (Å²) in [4.78, 5) is 29.4. The summed E-state index contributed by atoms with van der Waals surface area (Å²) in [6, 6.07) is 21.8. The lowest BCUT2D eigenvalue weighted by Crippen LogP contribution is -2.49. The van der Waals surface area contributed by atoms with Gasteiger partial charge in [-0.25, -0.2) is 0 Å². The first-order chi connectivity index (χ1) is 17.9. The van der Waals surface area contributed by atoms with E-state index in [1.165, 1.54) is 5.56 Å². The first-order valence-electron chi connectivity index (χ1n) is 12.6. The highest BCUT2D eigenvalue weighted by molar-refractivity contribution is 6.36. The second-order valence-electron chi connectivity index (χ2n) is 9.34. The average molecular weight is 540 g/mol. The number of rotatable bonds is 10. The fraction of sp³-hybridized carbons (Fsp3) is 0.333. The van der Waals surface area contributed by atoms with Crippen LogP contribution < -0.4 is 9.64 Å². The number of carbonyl (C=O) groups excluding carboxylic acids is 2. The van der Waals surface area contributed by atoms with E-state index < -0.39 is 0 Å². The number of ether oxygens (including phenoxy) is 1. The molecule has 0 radical (unpaired) electrons. The van der Waals surface area contributed by atoms with Gasteiger partial charge in [-0.1, -0.05) is 65.7 Å². The van der Waals surface area contributed by atoms with Crippen LogP contribution in [0.5, 0.6) is 5.75 Å². The zero-order chi connectivity index (χ0) is 26.2. The summed E-state index contributed by atoms with van der Waals surface area (Å²) in [5, 5.41) is 0.872. The van der Waals surface area contributed by atoms with Crippen molar-refractivity contribution in [2.75, 3.05) is 38.2 Å². The summed E-state index contributed by atoms with van der Waals surface area (Å²) < 4.78 is 5.18. The molecule has 1 aliphatic rings. The molecule has 1 amide bonds. The van der Waals surface area contributed by atoms with E-state index in [1.54, 1.807) is 19.2 Å². The number of ketones is 1. The number of carbonyl (C=O) groups is 2. The lowest BCUT2D eigenvalue weighted by atomic mass is 10.0. The van der Waals surface area contributed by atoms with Crippen molar-refractivity contribution < 1.29 is 14.3 Å². The first-order valence-corrected chi connectivity index (χ1v) is 13.4. The standard InChI is InChI=1S/C30H32Cl2N2O3/c1-37-26-19-28(31)27(29(32)20-26)21-30(36)34-16-14-33(15-17-34)24-12-10-23(11-13-24)18-25(35)9-5-8-22-6-3-2-4-7-22/h2-4,6-7,10-13,19-20H,5,8-9,14-18,21H2,1H3. The summed E-state index contributed by atoms with van der Waals surface area (Å²) >= 11 is 12.7. The SMILES string of the molecule is COc1cc(Cl)c(CC(=O)N2CCN(c3ccc(CC(=O)CCCc4ccccc4)cc3)CC2)c(Cl)c1. The predicted octanol–water partition coefficient (Wildman–Crippen LogP) is 6.03. The molecule has 7 heteroatoms. The Labute approximate surface area is 228 Å². The van der Waals surface area contributed by atoms with E-state index in [4.69, 9.17) is 27.9 Å². The summed E-state index contributed by atoms with van der Waals surface area (Å²) in [6.07, 6.45) is 3.03. The molecule has 1 fully saturated rings. The third kappa shape index (κ3) is 7.50. The van der Waals surface area contributed by atoms with Crippen molar-refractivity contribution in [2.24, 2.45) is 0 Å². The van der Waals surface area contributed by atoms with Gasteiger partial charge in [0.1, 0.15) is 11.5 Å². The maximum Gasteiger partial charge on any atom is 0.227 e. The van der Waals surface area contributed by atoms with Crippen LogP contribution in [0.3, 0.4) is 0 Å². The van der Waals surface area contributed by atoms with Gasteiger partial charge in [0.15, 0.2) is 0 Å². The van der Waals surface area contributed by atoms with E-state index in [1.807, 2.05) is 35.2 Å². The van der Waals surface area contributed by atoms with Crippen LogP contribution in [0, 0.1) is 0 Å². The van der Waals surface area contributed by atoms with Gasteiger partial charge in [-0.3, -0.25) is 9.59 Å². The minimum absolute atomic E-state index is 0.00902. The maximum absolute atomic E-state index is 12.9. The van der Waals surface area contributed by atoms with Crippen molar-refractivity contribution in [3.8, 4) is 5.75 Å². The molecule has 1 heterocycles. The molecule has 0 saturated carbocycles. The number of hydrogen-bond donors (Lipinski definition) is 0. The minimum atomic E-state index is 0.00902. The first kappa shape index (κ1) is 27.0. The monoisotopic (exact) mass is 538 g/mol. The molecule has 1 aliphatic heterocycles. The van der Waals surface area contributed by atoms with Gasteiger partial charge in [-0.2, -0.15) is 0 Å². The van der Waals surface area contributed by atoms with Crippen molar-refractivity contribution in [1.82, 2.24) is 4.90 Å². The van der Waals surface area contributed by atoms with Crippen molar-refractivity contribution in [3.63, 3.8) is 0 Å². The normalized spacial score (nSPS) is 13.5. The van der Waals surface area contributed by atoms with E-state index in [0.717, 1.165) is 37.2 Å². The summed E-state index contributed by atoms with van der Waals surface area (Å²) in [7, 11) is 1.55. The van der Waals surface area contributed by atoms with Crippen LogP contribution in [-0.2, 0) is 28.9 Å². The third-order valence-electron chi connectivity index (χ3n) is 6.78. The van der Waals surface area contributed by atoms with Crippen LogP contribution in [0.15, 0.2) is 66.7 Å². The lowest BCUT2D eigenvalue weighted by molar-refractivity contribution is -0.130. The Hall–Kier alpha value is -3.02. The van der Waals surface area contributed by atoms with Crippen LogP contribution in [0.4, 0.5) is 5.69 Å². The molecule has 3 aromatic rings. The van der Waals surface area contributed by atoms with Crippen molar-refractivity contribution in [2.45, 2.75) is 32.1 Å². The Morgan fingerprint density at radius 1 is 0.838 bits per heavy atom. The molecule has 0 unspecified atom stereocenters. The quantitative estimate of drug-likeness (QED) is 0.316. The maximum atomic E-state index is 12.9. The zero-order valence-corrected chi connectivity index (χ0v) is 22.6. The Bertz CT molecular complexity index is 1180. The topological polar surface area (TPSA) is 49.9 Å². The Kier molecular flexibility index (Phi) is 9.48. The van der Waals surface area contributed by atoms with Gasteiger partial charge in [-0.05, 0) is 53.8 Å². The lowest BCUT2D eigenvalue weighted by Gasteiger charge is -2.36. The molecule has 0 N–H and O–H groups in total. The van der Waals surface area contributed by atoms with E-state index in [0.29, 0.717) is 47.3 Å². The van der Waals surface area contributed by atoms with Crippen molar-refractivity contribution >= 4 is 40.6 Å². The van der Waals surface area contributed by atoms with Crippen LogP contribution in [0.2, 0.25) is 10.0 Å². The van der Waals surface area contributed by atoms with Gasteiger partial charge in [0.2, 0.25) is 5.91 Å². The molecule has 0 spiro atoms. The number of Topliss-reactive ketones (excluding diaryl/α,β-unsaturated/α-hetero) is 1. The van der Waals surface area contributed by atoms with E-state index >= 15 is 0 Å². The predicted molar refractivity (Wildman–Crippen MR) is 150 cm³/mol. The zero-order valence-electron chi connectivity index (χ0n) is 21.1. The fourth-order valence-corrected chi connectivity index (χ4v) is 5.22. The summed E-state index contributed by atoms with van der Waals surface area (Å²) in [6.45, 7) is 2.75. The van der Waals surface area contributed by atoms with Crippen molar-refractivity contribution in [3.05, 3.63) is 93.5 Å². The number of halogens is 2. The average Bonchev–Trinajstić information content (AvgIpc) is 2.91. The molecular formula is C30H32Cl2N2O3. The smallest absolute Gasteiger partial charge is 0.227 e. The Morgan fingerprint density at radius 2 is 1.49 bits per heavy atom. The highest BCUT2D eigenvalue weighted by Gasteiger charge is 2.23. The Balaban J connectivity index is 1.23. The number of hydrogen-bond acceptors (Lipinski definition) is 4. The Morgan fingerprint density at radius 3 is 2.11 bits per heavy atom. The van der Waals surface area contributed by atoms with Gasteiger partial charge >= 0.3 is 0 Å². The number of amides is 1. The molecule has 4 rings (SSSR count). The molecule has 0 atom stereocenters. The number of anilines is 1. The molecule has 37 heavy (non-hydrogen) atoms. The fourth-order valence-electron chi connectivity index (χ4n) is 4.62. The van der Waals surface area contributed by atoms with Crippen LogP contribution in [0.1, 0.15) is 29.5 Å². The molecule has 0 bridgehead atoms. The number of benzene rings is 3. The van der Waals surface area contributed by atoms with Crippen LogP contribution in [0.25, 0.3) is 0 Å². The highest BCUT2D eigenvalue weighted by Crippen LogP contribution is 2.31. The molecule has 0 aliphatic carbocycles. The molecule has 1 saturated heterocycles. The highest BCUT2D eigenvalue weighted by atomic mass is 35.5. The van der Waals surface area contributed by atoms with Crippen molar-refractivity contribution in [1.29, 1.82) is 0 Å². The van der Waals surface area contributed by atoms with E-state index in [-0.39, 0.29) is 18.1 Å². The molecule has 0 aromatic heterocycles. The van der Waals surface area contributed by atoms with E-state index in [9.17, 15) is 9.59 Å². The molecule has 5 nitrogen and oxygen atoms in total. The van der Waals surface area contributed by atoms with Gasteiger partial charge in [0.05, 0.1) is 13.5 Å². The third-order valence-corrected chi connectivity index (χ3v) is 7.45. The van der Waals surface area contributed by atoms with Crippen LogP contribution >= 0.6 is 23.2 Å². The molecule has 3 aromatic carbocycles. The van der Waals surface area contributed by atoms with Gasteiger partial charge in [-0.15, -0.1) is 0 Å². The minimum Gasteiger partial charge on any atom is -0.497 e. The molecule has 194 valence electrons. The van der Waals surface area contributed by atoms with Gasteiger partial charge in [0.25, 0.3) is 0 Å². The largest absolute Gasteiger partial charge is 0.497 e. The summed E-state index contributed by atoms with van der Waals surface area (Å²) in [5.41, 5.74) is 4.04. The number of nitrogens with zero attached hydrogens (tertiary/aromatic N) is 2. The number of piperazine rings is 1. The van der Waals surface area contributed by atoms with Gasteiger partial charge in [0, 0.05) is 54.8 Å². The number of methoxy groups -OCH3 is 1. The van der Waals surface area contributed by atoms with Gasteiger partial charge < -0.3 is 14.5 Å². The second kappa shape index (κ2) is 13.0. The van der Waals surface area contributed by atoms with E-state index in [2.05, 4.69) is 29.2 Å². The molecular weight excluding hydrogens is 507 g/mol. The van der Waals surface area contributed by atoms with Crippen LogP contribution in [-0.4, -0.2) is 49.9 Å². The second-order valence-corrected chi connectivity index (χ2v) is 10.1. The summed E-state index contributed by atoms with van der Waals surface area (Å²) in [5.74, 6) is 0.848.